The van der Waals surface area contributed by atoms with Gasteiger partial charge in [0.05, 0.1) is 19.0 Å². The Morgan fingerprint density at radius 3 is 2.69 bits per heavy atom. The Morgan fingerprint density at radius 1 is 1.19 bits per heavy atom. The number of ether oxygens (including phenoxy) is 2. The van der Waals surface area contributed by atoms with Crippen molar-refractivity contribution in [1.29, 1.82) is 0 Å². The maximum Gasteiger partial charge on any atom is 0.234 e. The topological polar surface area (TPSA) is 78.3 Å². The summed E-state index contributed by atoms with van der Waals surface area (Å²) < 4.78 is 13.6. The average Bonchev–Trinajstić information content (AvgIpc) is 3.05. The fourth-order valence-corrected chi connectivity index (χ4v) is 4.47. The van der Waals surface area contributed by atoms with Gasteiger partial charge < -0.3 is 19.4 Å². The number of aromatic nitrogens is 3. The molecule has 0 unspecified atom stereocenters. The molecule has 1 aliphatic rings. The van der Waals surface area contributed by atoms with E-state index in [2.05, 4.69) is 15.5 Å². The van der Waals surface area contributed by atoms with E-state index in [1.807, 2.05) is 49.6 Å². The molecule has 0 bridgehead atoms. The third kappa shape index (κ3) is 4.71. The highest BCUT2D eigenvalue weighted by Crippen LogP contribution is 2.37. The van der Waals surface area contributed by atoms with Gasteiger partial charge in [-0.05, 0) is 56.2 Å². The maximum absolute atomic E-state index is 12.5. The van der Waals surface area contributed by atoms with Gasteiger partial charge >= 0.3 is 0 Å². The van der Waals surface area contributed by atoms with Crippen molar-refractivity contribution in [1.82, 2.24) is 14.8 Å². The molecule has 0 saturated heterocycles. The van der Waals surface area contributed by atoms with Crippen molar-refractivity contribution in [3.8, 4) is 22.9 Å². The Labute approximate surface area is 196 Å². The first kappa shape index (κ1) is 22.5. The molecule has 9 heteroatoms. The molecule has 2 aromatic carbocycles. The predicted molar refractivity (Wildman–Crippen MR) is 127 cm³/mol. The smallest absolute Gasteiger partial charge is 0.234 e. The van der Waals surface area contributed by atoms with E-state index in [0.717, 1.165) is 40.4 Å². The molecule has 0 aliphatic carbocycles. The lowest BCUT2D eigenvalue weighted by atomic mass is 10.1. The van der Waals surface area contributed by atoms with E-state index in [-0.39, 0.29) is 11.7 Å². The van der Waals surface area contributed by atoms with Crippen LogP contribution >= 0.6 is 23.4 Å². The molecule has 1 aliphatic heterocycles. The first-order valence-electron chi connectivity index (χ1n) is 10.5. The van der Waals surface area contributed by atoms with Crippen LogP contribution < -0.4 is 14.8 Å². The third-order valence-electron chi connectivity index (χ3n) is 5.24. The summed E-state index contributed by atoms with van der Waals surface area (Å²) >= 11 is 7.49. The molecule has 1 amide bonds. The molecule has 0 atom stereocenters. The van der Waals surface area contributed by atoms with Gasteiger partial charge in [0.2, 0.25) is 5.91 Å². The van der Waals surface area contributed by atoms with E-state index in [9.17, 15) is 4.79 Å². The van der Waals surface area contributed by atoms with E-state index in [4.69, 9.17) is 21.1 Å². The van der Waals surface area contributed by atoms with Gasteiger partial charge in [0.1, 0.15) is 0 Å². The number of nitrogens with one attached hydrogen (secondary N) is 1. The second-order valence-corrected chi connectivity index (χ2v) is 8.81. The lowest BCUT2D eigenvalue weighted by molar-refractivity contribution is -0.113. The number of benzene rings is 2. The van der Waals surface area contributed by atoms with Gasteiger partial charge in [0.25, 0.3) is 0 Å². The van der Waals surface area contributed by atoms with Crippen LogP contribution in [-0.2, 0) is 11.3 Å². The first-order valence-corrected chi connectivity index (χ1v) is 11.9. The minimum absolute atomic E-state index is 0.126. The quantitative estimate of drug-likeness (QED) is 0.501. The van der Waals surface area contributed by atoms with Crippen molar-refractivity contribution in [3.05, 3.63) is 46.5 Å². The van der Waals surface area contributed by atoms with E-state index in [0.29, 0.717) is 35.6 Å². The van der Waals surface area contributed by atoms with Crippen LogP contribution in [0.1, 0.15) is 24.5 Å². The molecule has 32 heavy (non-hydrogen) atoms. The second-order valence-electron chi connectivity index (χ2n) is 7.46. The van der Waals surface area contributed by atoms with Gasteiger partial charge in [-0.25, -0.2) is 0 Å². The summed E-state index contributed by atoms with van der Waals surface area (Å²) in [5.41, 5.74) is 3.52. The molecule has 0 saturated carbocycles. The van der Waals surface area contributed by atoms with Crippen molar-refractivity contribution in [3.63, 3.8) is 0 Å². The molecule has 0 radical (unpaired) electrons. The van der Waals surface area contributed by atoms with Crippen molar-refractivity contribution in [2.75, 3.05) is 24.3 Å². The molecule has 1 aromatic heterocycles. The van der Waals surface area contributed by atoms with Crippen LogP contribution in [0.15, 0.2) is 35.5 Å². The maximum atomic E-state index is 12.5. The van der Waals surface area contributed by atoms with Crippen LogP contribution in [0, 0.1) is 13.8 Å². The van der Waals surface area contributed by atoms with Crippen LogP contribution in [0.4, 0.5) is 5.69 Å². The van der Waals surface area contributed by atoms with E-state index >= 15 is 0 Å². The van der Waals surface area contributed by atoms with Gasteiger partial charge in [-0.15, -0.1) is 10.2 Å². The highest BCUT2D eigenvalue weighted by atomic mass is 35.5. The number of carbonyl (C=O) groups excluding carboxylic acids is 1. The molecular formula is C23H25ClN4O3S. The fourth-order valence-electron chi connectivity index (χ4n) is 3.49. The van der Waals surface area contributed by atoms with E-state index < -0.39 is 0 Å². The molecule has 0 spiro atoms. The number of carbonyl (C=O) groups is 1. The Hall–Kier alpha value is -2.71. The number of hydrogen-bond donors (Lipinski definition) is 1. The molecule has 3 aromatic rings. The first-order chi connectivity index (χ1) is 15.5. The third-order valence-corrected chi connectivity index (χ3v) is 6.62. The van der Waals surface area contributed by atoms with Crippen LogP contribution in [-0.4, -0.2) is 39.6 Å². The summed E-state index contributed by atoms with van der Waals surface area (Å²) in [4.78, 5) is 12.5. The van der Waals surface area contributed by atoms with Gasteiger partial charge in [-0.2, -0.15) is 0 Å². The number of rotatable bonds is 6. The van der Waals surface area contributed by atoms with Crippen LogP contribution in [0.5, 0.6) is 11.5 Å². The normalized spacial score (nSPS) is 13.0. The minimum Gasteiger partial charge on any atom is -0.490 e. The SMILES string of the molecule is CCn1c(SCC(=O)Nc2cccc(Cl)c2C)nnc1-c1cc2c(cc1C)OCCCO2. The molecule has 1 N–H and O–H groups in total. The highest BCUT2D eigenvalue weighted by molar-refractivity contribution is 7.99. The summed E-state index contributed by atoms with van der Waals surface area (Å²) in [6.45, 7) is 7.87. The Balaban J connectivity index is 1.52. The number of amides is 1. The van der Waals surface area contributed by atoms with Gasteiger partial charge in [-0.3, -0.25) is 4.79 Å². The van der Waals surface area contributed by atoms with Gasteiger partial charge in [-0.1, -0.05) is 29.4 Å². The molecule has 7 nitrogen and oxygen atoms in total. The van der Waals surface area contributed by atoms with E-state index in [1.165, 1.54) is 11.8 Å². The largest absolute Gasteiger partial charge is 0.490 e. The zero-order valence-corrected chi connectivity index (χ0v) is 19.8. The number of halogens is 1. The van der Waals surface area contributed by atoms with Crippen molar-refractivity contribution in [2.24, 2.45) is 0 Å². The second kappa shape index (κ2) is 9.83. The minimum atomic E-state index is -0.126. The predicted octanol–water partition coefficient (Wildman–Crippen LogP) is 5.13. The summed E-state index contributed by atoms with van der Waals surface area (Å²) in [6, 6.07) is 9.40. The molecule has 168 valence electrons. The Bertz CT molecular complexity index is 1150. The Morgan fingerprint density at radius 2 is 1.94 bits per heavy atom. The summed E-state index contributed by atoms with van der Waals surface area (Å²) in [5, 5.41) is 13.0. The van der Waals surface area contributed by atoms with Gasteiger partial charge in [0, 0.05) is 29.2 Å². The van der Waals surface area contributed by atoms with Crippen molar-refractivity contribution < 1.29 is 14.3 Å². The molecule has 4 rings (SSSR count). The summed E-state index contributed by atoms with van der Waals surface area (Å²) in [6.07, 6.45) is 0.853. The monoisotopic (exact) mass is 472 g/mol. The fraction of sp³-hybridized carbons (Fsp3) is 0.348. The van der Waals surface area contributed by atoms with Crippen LogP contribution in [0.25, 0.3) is 11.4 Å². The highest BCUT2D eigenvalue weighted by Gasteiger charge is 2.20. The van der Waals surface area contributed by atoms with Crippen molar-refractivity contribution in [2.45, 2.75) is 38.9 Å². The number of thioether (sulfide) groups is 1. The standard InChI is InChI=1S/C23H25ClN4O3S/c1-4-28-22(16-12-20-19(11-14(16)2)30-9-6-10-31-20)26-27-23(28)32-13-21(29)25-18-8-5-7-17(24)15(18)3/h5,7-8,11-12H,4,6,9-10,13H2,1-3H3,(H,25,29). The summed E-state index contributed by atoms with van der Waals surface area (Å²) in [5.74, 6) is 2.31. The molecular weight excluding hydrogens is 448 g/mol. The zero-order valence-electron chi connectivity index (χ0n) is 18.3. The molecule has 2 heterocycles. The van der Waals surface area contributed by atoms with Crippen LogP contribution in [0.3, 0.4) is 0 Å². The zero-order chi connectivity index (χ0) is 22.7. The average molecular weight is 473 g/mol. The number of aryl methyl sites for hydroxylation is 1. The number of hydrogen-bond acceptors (Lipinski definition) is 6. The number of nitrogens with zero attached hydrogens (tertiary/aromatic N) is 3. The van der Waals surface area contributed by atoms with Crippen molar-refractivity contribution >= 4 is 35.0 Å². The number of fused-ring (bicyclic) bond motifs is 1. The Kier molecular flexibility index (Phi) is 6.91. The lowest BCUT2D eigenvalue weighted by Gasteiger charge is -2.13. The van der Waals surface area contributed by atoms with Crippen LogP contribution in [0.2, 0.25) is 5.02 Å². The van der Waals surface area contributed by atoms with E-state index in [1.54, 1.807) is 6.07 Å². The number of anilines is 1. The lowest BCUT2D eigenvalue weighted by Crippen LogP contribution is -2.15. The summed E-state index contributed by atoms with van der Waals surface area (Å²) in [7, 11) is 0. The van der Waals surface area contributed by atoms with Gasteiger partial charge in [0.15, 0.2) is 22.5 Å². The molecule has 0 fully saturated rings.